The second-order valence-corrected chi connectivity index (χ2v) is 4.41. The van der Waals surface area contributed by atoms with Crippen LogP contribution in [0.3, 0.4) is 0 Å². The molecule has 0 heterocycles. The van der Waals surface area contributed by atoms with Gasteiger partial charge in [0.25, 0.3) is 0 Å². The third-order valence-electron chi connectivity index (χ3n) is 2.64. The van der Waals surface area contributed by atoms with Gasteiger partial charge in [-0.15, -0.1) is 0 Å². The summed E-state index contributed by atoms with van der Waals surface area (Å²) >= 11 is 3.46. The van der Waals surface area contributed by atoms with Gasteiger partial charge in [-0.05, 0) is 25.0 Å². The van der Waals surface area contributed by atoms with E-state index in [2.05, 4.69) is 20.9 Å². The first-order valence-electron chi connectivity index (χ1n) is 4.65. The van der Waals surface area contributed by atoms with Crippen LogP contribution in [0.4, 0.5) is 0 Å². The van der Waals surface area contributed by atoms with Gasteiger partial charge < -0.3 is 4.74 Å². The fourth-order valence-electron chi connectivity index (χ4n) is 1.75. The molecular weight excluding hydrogens is 258 g/mol. The van der Waals surface area contributed by atoms with Crippen molar-refractivity contribution in [1.29, 1.82) is 0 Å². The Balaban J connectivity index is 2.56. The van der Waals surface area contributed by atoms with Crippen molar-refractivity contribution >= 4 is 22.0 Å². The highest BCUT2D eigenvalue weighted by molar-refractivity contribution is 9.10. The molecular formula is C11H10BrNO2. The van der Waals surface area contributed by atoms with Crippen LogP contribution in [0.1, 0.15) is 18.4 Å². The first-order valence-corrected chi connectivity index (χ1v) is 5.45. The number of halogens is 1. The maximum absolute atomic E-state index is 10.4. The Morgan fingerprint density at radius 2 is 2.27 bits per heavy atom. The minimum Gasteiger partial charge on any atom is -0.496 e. The molecule has 1 aromatic carbocycles. The fourth-order valence-corrected chi connectivity index (χ4v) is 2.47. The summed E-state index contributed by atoms with van der Waals surface area (Å²) < 4.78 is 6.21. The van der Waals surface area contributed by atoms with Gasteiger partial charge in [0, 0.05) is 10.0 Å². The van der Waals surface area contributed by atoms with E-state index < -0.39 is 5.54 Å². The van der Waals surface area contributed by atoms with E-state index in [0.717, 1.165) is 28.6 Å². The summed E-state index contributed by atoms with van der Waals surface area (Å²) in [4.78, 5) is 14.3. The highest BCUT2D eigenvalue weighted by Gasteiger charge is 2.48. The number of aliphatic imine (C=N–C) groups is 1. The molecule has 0 amide bonds. The Morgan fingerprint density at radius 3 is 2.80 bits per heavy atom. The van der Waals surface area contributed by atoms with Crippen LogP contribution in [0.5, 0.6) is 5.75 Å². The van der Waals surface area contributed by atoms with Crippen molar-refractivity contribution < 1.29 is 9.53 Å². The van der Waals surface area contributed by atoms with Crippen molar-refractivity contribution in [3.05, 3.63) is 28.2 Å². The average Bonchev–Trinajstić information content (AvgIpc) is 2.98. The quantitative estimate of drug-likeness (QED) is 0.624. The lowest BCUT2D eigenvalue weighted by molar-refractivity contribution is 0.404. The molecule has 1 aliphatic rings. The number of hydrogen-bond donors (Lipinski definition) is 0. The Labute approximate surface area is 96.3 Å². The molecule has 0 radical (unpaired) electrons. The van der Waals surface area contributed by atoms with Crippen molar-refractivity contribution in [1.82, 2.24) is 0 Å². The number of hydrogen-bond acceptors (Lipinski definition) is 3. The minimum absolute atomic E-state index is 0.396. The van der Waals surface area contributed by atoms with Gasteiger partial charge in [0.1, 0.15) is 11.3 Å². The molecule has 1 aromatic rings. The van der Waals surface area contributed by atoms with Crippen LogP contribution < -0.4 is 4.74 Å². The van der Waals surface area contributed by atoms with Gasteiger partial charge in [-0.1, -0.05) is 22.0 Å². The number of carbonyl (C=O) groups excluding carboxylic acids is 1. The predicted octanol–water partition coefficient (Wildman–Crippen LogP) is 2.78. The number of nitrogens with zero attached hydrogens (tertiary/aromatic N) is 1. The van der Waals surface area contributed by atoms with E-state index in [1.54, 1.807) is 13.2 Å². The Hall–Kier alpha value is -1.12. The lowest BCUT2D eigenvalue weighted by Gasteiger charge is -2.14. The van der Waals surface area contributed by atoms with Gasteiger partial charge in [-0.3, -0.25) is 0 Å². The molecule has 1 saturated carbocycles. The highest BCUT2D eigenvalue weighted by Crippen LogP contribution is 2.54. The molecule has 0 bridgehead atoms. The van der Waals surface area contributed by atoms with Gasteiger partial charge >= 0.3 is 0 Å². The average molecular weight is 268 g/mol. The smallest absolute Gasteiger partial charge is 0.235 e. The van der Waals surface area contributed by atoms with Gasteiger partial charge in [-0.2, -0.15) is 4.99 Å². The van der Waals surface area contributed by atoms with Gasteiger partial charge in [0.15, 0.2) is 0 Å². The summed E-state index contributed by atoms with van der Waals surface area (Å²) in [6, 6.07) is 5.70. The topological polar surface area (TPSA) is 38.7 Å². The van der Waals surface area contributed by atoms with Gasteiger partial charge in [-0.25, -0.2) is 4.79 Å². The Bertz CT molecular complexity index is 434. The van der Waals surface area contributed by atoms with Crippen molar-refractivity contribution in [2.24, 2.45) is 4.99 Å². The second-order valence-electron chi connectivity index (χ2n) is 3.55. The standard InChI is InChI=1S/C11H10BrNO2/c1-15-9-4-2-3-8(12)10(9)11(5-6-11)13-7-14/h2-4H,5-6H2,1H3. The summed E-state index contributed by atoms with van der Waals surface area (Å²) in [6.45, 7) is 0. The van der Waals surface area contributed by atoms with E-state index in [0.29, 0.717) is 0 Å². The fraction of sp³-hybridized carbons (Fsp3) is 0.364. The van der Waals surface area contributed by atoms with Gasteiger partial charge in [0.2, 0.25) is 6.08 Å². The molecule has 0 atom stereocenters. The first-order chi connectivity index (χ1) is 7.23. The molecule has 0 aliphatic heterocycles. The summed E-state index contributed by atoms with van der Waals surface area (Å²) in [5.41, 5.74) is 0.559. The van der Waals surface area contributed by atoms with Crippen molar-refractivity contribution in [2.45, 2.75) is 18.4 Å². The zero-order valence-electron chi connectivity index (χ0n) is 8.29. The Morgan fingerprint density at radius 1 is 1.53 bits per heavy atom. The largest absolute Gasteiger partial charge is 0.496 e. The number of isocyanates is 1. The van der Waals surface area contributed by atoms with Gasteiger partial charge in [0.05, 0.1) is 7.11 Å². The zero-order valence-corrected chi connectivity index (χ0v) is 9.87. The first kappa shape index (κ1) is 10.4. The van der Waals surface area contributed by atoms with Crippen LogP contribution in [-0.2, 0) is 10.3 Å². The molecule has 4 heteroatoms. The molecule has 0 N–H and O–H groups in total. The molecule has 1 aliphatic carbocycles. The molecule has 1 fully saturated rings. The van der Waals surface area contributed by atoms with Crippen LogP contribution >= 0.6 is 15.9 Å². The van der Waals surface area contributed by atoms with Crippen LogP contribution in [0.15, 0.2) is 27.7 Å². The number of ether oxygens (including phenoxy) is 1. The van der Waals surface area contributed by atoms with E-state index >= 15 is 0 Å². The molecule has 0 aromatic heterocycles. The van der Waals surface area contributed by atoms with Crippen molar-refractivity contribution in [3.8, 4) is 5.75 Å². The normalized spacial score (nSPS) is 16.7. The molecule has 3 nitrogen and oxygen atoms in total. The maximum atomic E-state index is 10.4. The summed E-state index contributed by atoms with van der Waals surface area (Å²) in [6.07, 6.45) is 3.40. The lowest BCUT2D eigenvalue weighted by Crippen LogP contribution is -2.06. The van der Waals surface area contributed by atoms with E-state index in [4.69, 9.17) is 4.74 Å². The van der Waals surface area contributed by atoms with Crippen LogP contribution in [0.2, 0.25) is 0 Å². The monoisotopic (exact) mass is 267 g/mol. The SMILES string of the molecule is COc1cccc(Br)c1C1(N=C=O)CC1. The zero-order chi connectivity index (χ0) is 10.9. The number of rotatable bonds is 3. The third kappa shape index (κ3) is 1.71. The van der Waals surface area contributed by atoms with Crippen LogP contribution in [0, 0.1) is 0 Å². The molecule has 78 valence electrons. The number of benzene rings is 1. The molecule has 15 heavy (non-hydrogen) atoms. The van der Waals surface area contributed by atoms with E-state index in [1.807, 2.05) is 18.2 Å². The Kier molecular flexibility index (Phi) is 2.63. The van der Waals surface area contributed by atoms with Crippen molar-refractivity contribution in [3.63, 3.8) is 0 Å². The van der Waals surface area contributed by atoms with E-state index in [1.165, 1.54) is 0 Å². The predicted molar refractivity (Wildman–Crippen MR) is 59.7 cm³/mol. The van der Waals surface area contributed by atoms with E-state index in [9.17, 15) is 4.79 Å². The van der Waals surface area contributed by atoms with E-state index in [-0.39, 0.29) is 0 Å². The maximum Gasteiger partial charge on any atom is 0.235 e. The van der Waals surface area contributed by atoms with Crippen molar-refractivity contribution in [2.75, 3.05) is 7.11 Å². The van der Waals surface area contributed by atoms with Crippen LogP contribution in [-0.4, -0.2) is 13.2 Å². The summed E-state index contributed by atoms with van der Waals surface area (Å²) in [5.74, 6) is 0.765. The minimum atomic E-state index is -0.396. The highest BCUT2D eigenvalue weighted by atomic mass is 79.9. The molecule has 0 unspecified atom stereocenters. The molecule has 0 saturated heterocycles. The third-order valence-corrected chi connectivity index (χ3v) is 3.30. The lowest BCUT2D eigenvalue weighted by atomic mass is 10.0. The molecule has 0 spiro atoms. The summed E-state index contributed by atoms with van der Waals surface area (Å²) in [7, 11) is 1.62. The van der Waals surface area contributed by atoms with Crippen LogP contribution in [0.25, 0.3) is 0 Å². The molecule has 2 rings (SSSR count). The summed E-state index contributed by atoms with van der Waals surface area (Å²) in [5, 5.41) is 0. The number of methoxy groups -OCH3 is 1. The second kappa shape index (κ2) is 3.80.